The number of carbonyl (C=O) groups is 1. The van der Waals surface area contributed by atoms with Gasteiger partial charge in [0, 0.05) is 36.4 Å². The quantitative estimate of drug-likeness (QED) is 0.618. The van der Waals surface area contributed by atoms with E-state index in [-0.39, 0.29) is 5.91 Å². The van der Waals surface area contributed by atoms with Gasteiger partial charge in [0.05, 0.1) is 7.11 Å². The lowest BCUT2D eigenvalue weighted by Gasteiger charge is -2.05. The molecule has 0 aromatic heterocycles. The van der Waals surface area contributed by atoms with Crippen LogP contribution in [0.1, 0.15) is 12.0 Å². The van der Waals surface area contributed by atoms with E-state index < -0.39 is 0 Å². The first kappa shape index (κ1) is 15.7. The summed E-state index contributed by atoms with van der Waals surface area (Å²) in [5.41, 5.74) is 0.851. The van der Waals surface area contributed by atoms with E-state index in [9.17, 15) is 4.79 Å². The molecular weight excluding hydrogens is 310 g/mol. The van der Waals surface area contributed by atoms with E-state index in [4.69, 9.17) is 9.47 Å². The van der Waals surface area contributed by atoms with Crippen LogP contribution in [0.2, 0.25) is 0 Å². The number of hydrogen-bond acceptors (Lipinski definition) is 3. The van der Waals surface area contributed by atoms with E-state index in [1.807, 2.05) is 18.2 Å². The van der Waals surface area contributed by atoms with Crippen molar-refractivity contribution in [1.82, 2.24) is 5.32 Å². The highest BCUT2D eigenvalue weighted by Crippen LogP contribution is 2.23. The molecule has 0 aliphatic heterocycles. The zero-order chi connectivity index (χ0) is 14.1. The van der Waals surface area contributed by atoms with Gasteiger partial charge in [-0.2, -0.15) is 0 Å². The van der Waals surface area contributed by atoms with Crippen molar-refractivity contribution >= 4 is 27.9 Å². The molecule has 1 aromatic rings. The van der Waals surface area contributed by atoms with Gasteiger partial charge in [0.25, 0.3) is 0 Å². The number of hydrogen-bond donors (Lipinski definition) is 1. The molecule has 0 atom stereocenters. The second-order valence-corrected chi connectivity index (χ2v) is 4.77. The van der Waals surface area contributed by atoms with E-state index in [0.717, 1.165) is 22.2 Å². The minimum atomic E-state index is -0.127. The van der Waals surface area contributed by atoms with Gasteiger partial charge in [-0.25, -0.2) is 0 Å². The highest BCUT2D eigenvalue weighted by atomic mass is 79.9. The summed E-state index contributed by atoms with van der Waals surface area (Å²) in [5.74, 6) is 0.602. The smallest absolute Gasteiger partial charge is 0.244 e. The maximum atomic E-state index is 11.6. The van der Waals surface area contributed by atoms with Crippen LogP contribution >= 0.6 is 15.9 Å². The van der Waals surface area contributed by atoms with Crippen LogP contribution in [0, 0.1) is 0 Å². The van der Waals surface area contributed by atoms with E-state index in [1.54, 1.807) is 20.3 Å². The van der Waals surface area contributed by atoms with Gasteiger partial charge < -0.3 is 14.8 Å². The third-order valence-electron chi connectivity index (χ3n) is 2.43. The number of amides is 1. The third kappa shape index (κ3) is 5.89. The molecule has 0 aliphatic rings. The molecule has 0 spiro atoms. The molecule has 5 heteroatoms. The van der Waals surface area contributed by atoms with Crippen molar-refractivity contribution < 1.29 is 14.3 Å². The average Bonchev–Trinajstić information content (AvgIpc) is 2.41. The van der Waals surface area contributed by atoms with E-state index in [2.05, 4.69) is 21.2 Å². The van der Waals surface area contributed by atoms with Crippen molar-refractivity contribution in [3.63, 3.8) is 0 Å². The van der Waals surface area contributed by atoms with Gasteiger partial charge in [0.15, 0.2) is 0 Å². The molecule has 0 aliphatic carbocycles. The maximum absolute atomic E-state index is 11.6. The summed E-state index contributed by atoms with van der Waals surface area (Å²) in [6.07, 6.45) is 4.03. The zero-order valence-corrected chi connectivity index (χ0v) is 12.7. The van der Waals surface area contributed by atoms with Gasteiger partial charge in [-0.15, -0.1) is 0 Å². The van der Waals surface area contributed by atoms with Crippen LogP contribution in [0.15, 0.2) is 28.7 Å². The molecular formula is C14H18BrNO3. The fourth-order valence-electron chi connectivity index (χ4n) is 1.49. The van der Waals surface area contributed by atoms with Gasteiger partial charge >= 0.3 is 0 Å². The first-order valence-corrected chi connectivity index (χ1v) is 6.75. The molecule has 0 radical (unpaired) electrons. The van der Waals surface area contributed by atoms with Crippen molar-refractivity contribution in [2.24, 2.45) is 0 Å². The lowest BCUT2D eigenvalue weighted by atomic mass is 10.2. The van der Waals surface area contributed by atoms with E-state index >= 15 is 0 Å². The second-order valence-electron chi connectivity index (χ2n) is 3.86. The molecule has 0 saturated heterocycles. The van der Waals surface area contributed by atoms with Crippen LogP contribution in [0.5, 0.6) is 5.75 Å². The summed E-state index contributed by atoms with van der Waals surface area (Å²) < 4.78 is 11.1. The van der Waals surface area contributed by atoms with Gasteiger partial charge in [-0.1, -0.05) is 15.9 Å². The Kier molecular flexibility index (Phi) is 7.22. The van der Waals surface area contributed by atoms with Gasteiger partial charge in [-0.3, -0.25) is 4.79 Å². The van der Waals surface area contributed by atoms with Crippen LogP contribution in [0.4, 0.5) is 0 Å². The summed E-state index contributed by atoms with van der Waals surface area (Å²) >= 11 is 3.39. The Morgan fingerprint density at radius 3 is 2.89 bits per heavy atom. The van der Waals surface area contributed by atoms with Gasteiger partial charge in [-0.05, 0) is 30.7 Å². The van der Waals surface area contributed by atoms with E-state index in [0.29, 0.717) is 13.2 Å². The molecule has 1 N–H and O–H groups in total. The van der Waals surface area contributed by atoms with Crippen LogP contribution in [0.25, 0.3) is 6.08 Å². The predicted molar refractivity (Wildman–Crippen MR) is 79.2 cm³/mol. The molecule has 4 nitrogen and oxygen atoms in total. The van der Waals surface area contributed by atoms with Gasteiger partial charge in [0.2, 0.25) is 5.91 Å². The number of ether oxygens (including phenoxy) is 2. The van der Waals surface area contributed by atoms with Crippen LogP contribution < -0.4 is 10.1 Å². The number of benzene rings is 1. The van der Waals surface area contributed by atoms with Crippen molar-refractivity contribution in [3.05, 3.63) is 34.3 Å². The summed E-state index contributed by atoms with van der Waals surface area (Å²) in [6.45, 7) is 1.25. The fourth-order valence-corrected chi connectivity index (χ4v) is 1.87. The summed E-state index contributed by atoms with van der Waals surface area (Å²) in [5, 5.41) is 2.78. The Labute approximate surface area is 121 Å². The number of methoxy groups -OCH3 is 2. The van der Waals surface area contributed by atoms with Gasteiger partial charge in [0.1, 0.15) is 5.75 Å². The minimum absolute atomic E-state index is 0.127. The Balaban J connectivity index is 2.55. The monoisotopic (exact) mass is 327 g/mol. The summed E-state index contributed by atoms with van der Waals surface area (Å²) in [6, 6.07) is 5.63. The Hall–Kier alpha value is -1.33. The number of carbonyl (C=O) groups excluding carboxylic acids is 1. The molecule has 0 bridgehead atoms. The summed E-state index contributed by atoms with van der Waals surface area (Å²) in [7, 11) is 3.24. The molecule has 1 aromatic carbocycles. The lowest BCUT2D eigenvalue weighted by Crippen LogP contribution is -2.22. The number of halogens is 1. The largest absolute Gasteiger partial charge is 0.496 e. The highest BCUT2D eigenvalue weighted by Gasteiger charge is 2.01. The normalized spacial score (nSPS) is 10.7. The Morgan fingerprint density at radius 1 is 1.42 bits per heavy atom. The standard InChI is InChI=1S/C14H18BrNO3/c1-18-9-3-8-16-14(17)7-4-11-10-12(15)5-6-13(11)19-2/h4-7,10H,3,8-9H2,1-2H3,(H,16,17). The fraction of sp³-hybridized carbons (Fsp3) is 0.357. The van der Waals surface area contributed by atoms with Crippen LogP contribution in [-0.4, -0.2) is 33.3 Å². The topological polar surface area (TPSA) is 47.6 Å². The number of nitrogens with one attached hydrogen (secondary N) is 1. The van der Waals surface area contributed by atoms with Crippen molar-refractivity contribution in [3.8, 4) is 5.75 Å². The van der Waals surface area contributed by atoms with Crippen LogP contribution in [0.3, 0.4) is 0 Å². The van der Waals surface area contributed by atoms with E-state index in [1.165, 1.54) is 6.08 Å². The first-order chi connectivity index (χ1) is 9.17. The molecule has 1 amide bonds. The zero-order valence-electron chi connectivity index (χ0n) is 11.1. The first-order valence-electron chi connectivity index (χ1n) is 5.95. The Morgan fingerprint density at radius 2 is 2.21 bits per heavy atom. The molecule has 0 unspecified atom stereocenters. The lowest BCUT2D eigenvalue weighted by molar-refractivity contribution is -0.116. The SMILES string of the molecule is COCCCNC(=O)C=Cc1cc(Br)ccc1OC. The Bertz CT molecular complexity index is 446. The molecule has 0 fully saturated rings. The summed E-state index contributed by atoms with van der Waals surface area (Å²) in [4.78, 5) is 11.6. The molecule has 0 saturated carbocycles. The number of rotatable bonds is 7. The average molecular weight is 328 g/mol. The highest BCUT2D eigenvalue weighted by molar-refractivity contribution is 9.10. The van der Waals surface area contributed by atoms with Crippen molar-refractivity contribution in [2.75, 3.05) is 27.4 Å². The second kappa shape index (κ2) is 8.72. The predicted octanol–water partition coefficient (Wildman–Crippen LogP) is 2.62. The third-order valence-corrected chi connectivity index (χ3v) is 2.92. The van der Waals surface area contributed by atoms with Crippen molar-refractivity contribution in [1.29, 1.82) is 0 Å². The maximum Gasteiger partial charge on any atom is 0.244 e. The molecule has 104 valence electrons. The molecule has 0 heterocycles. The molecule has 19 heavy (non-hydrogen) atoms. The molecule has 1 rings (SSSR count). The van der Waals surface area contributed by atoms with Crippen LogP contribution in [-0.2, 0) is 9.53 Å². The van der Waals surface area contributed by atoms with Crippen molar-refractivity contribution in [2.45, 2.75) is 6.42 Å². The minimum Gasteiger partial charge on any atom is -0.496 e.